The third-order valence-electron chi connectivity index (χ3n) is 3.42. The van der Waals surface area contributed by atoms with Crippen LogP contribution in [0.25, 0.3) is 0 Å². The normalized spacial score (nSPS) is 19.4. The van der Waals surface area contributed by atoms with Gasteiger partial charge in [0.1, 0.15) is 0 Å². The van der Waals surface area contributed by atoms with Crippen LogP contribution in [0.4, 0.5) is 0 Å². The quantitative estimate of drug-likeness (QED) is 0.746. The van der Waals surface area contributed by atoms with E-state index in [-0.39, 0.29) is 11.9 Å². The predicted octanol–water partition coefficient (Wildman–Crippen LogP) is 2.93. The van der Waals surface area contributed by atoms with Gasteiger partial charge in [0.25, 0.3) is 0 Å². The van der Waals surface area contributed by atoms with Crippen molar-refractivity contribution < 1.29 is 4.79 Å². The second kappa shape index (κ2) is 4.69. The van der Waals surface area contributed by atoms with Gasteiger partial charge in [-0.05, 0) is 24.0 Å². The SMILES string of the molecule is CCC(=O)N1CCc2ccccc2C1CC. The van der Waals surface area contributed by atoms with Gasteiger partial charge in [-0.2, -0.15) is 0 Å². The molecular weight excluding hydrogens is 198 g/mol. The van der Waals surface area contributed by atoms with Crippen LogP contribution in [0, 0.1) is 0 Å². The summed E-state index contributed by atoms with van der Waals surface area (Å²) in [5.74, 6) is 0.279. The number of hydrogen-bond donors (Lipinski definition) is 0. The van der Waals surface area contributed by atoms with Crippen LogP contribution >= 0.6 is 0 Å². The minimum atomic E-state index is 0.279. The molecule has 1 aliphatic rings. The fourth-order valence-electron chi connectivity index (χ4n) is 2.59. The highest BCUT2D eigenvalue weighted by molar-refractivity contribution is 5.76. The lowest BCUT2D eigenvalue weighted by molar-refractivity contribution is -0.133. The van der Waals surface area contributed by atoms with E-state index in [9.17, 15) is 4.79 Å². The van der Waals surface area contributed by atoms with Crippen molar-refractivity contribution in [3.05, 3.63) is 35.4 Å². The number of hydrogen-bond acceptors (Lipinski definition) is 1. The Bertz CT molecular complexity index is 386. The van der Waals surface area contributed by atoms with Crippen molar-refractivity contribution in [1.29, 1.82) is 0 Å². The molecule has 1 unspecified atom stereocenters. The van der Waals surface area contributed by atoms with Crippen molar-refractivity contribution in [2.75, 3.05) is 6.54 Å². The van der Waals surface area contributed by atoms with Crippen molar-refractivity contribution in [3.8, 4) is 0 Å². The Balaban J connectivity index is 2.33. The zero-order valence-electron chi connectivity index (χ0n) is 10.1. The first-order valence-corrected chi connectivity index (χ1v) is 6.15. The first kappa shape index (κ1) is 11.2. The lowest BCUT2D eigenvalue weighted by atomic mass is 9.91. The van der Waals surface area contributed by atoms with Crippen LogP contribution in [-0.4, -0.2) is 17.4 Å². The zero-order chi connectivity index (χ0) is 11.5. The molecule has 0 radical (unpaired) electrons. The van der Waals surface area contributed by atoms with Crippen molar-refractivity contribution >= 4 is 5.91 Å². The van der Waals surface area contributed by atoms with Crippen LogP contribution in [-0.2, 0) is 11.2 Å². The van der Waals surface area contributed by atoms with Gasteiger partial charge in [-0.15, -0.1) is 0 Å². The summed E-state index contributed by atoms with van der Waals surface area (Å²) < 4.78 is 0. The summed E-state index contributed by atoms with van der Waals surface area (Å²) in [4.78, 5) is 13.9. The molecule has 2 nitrogen and oxygen atoms in total. The fraction of sp³-hybridized carbons (Fsp3) is 0.500. The molecule has 86 valence electrons. The van der Waals surface area contributed by atoms with E-state index >= 15 is 0 Å². The Morgan fingerprint density at radius 1 is 1.38 bits per heavy atom. The third kappa shape index (κ3) is 1.84. The molecule has 16 heavy (non-hydrogen) atoms. The van der Waals surface area contributed by atoms with E-state index in [1.54, 1.807) is 0 Å². The van der Waals surface area contributed by atoms with Gasteiger partial charge in [-0.3, -0.25) is 4.79 Å². The Morgan fingerprint density at radius 3 is 2.81 bits per heavy atom. The Hall–Kier alpha value is -1.31. The number of rotatable bonds is 2. The Kier molecular flexibility index (Phi) is 3.28. The first-order chi connectivity index (χ1) is 7.77. The molecule has 1 aliphatic heterocycles. The standard InChI is InChI=1S/C14H19NO/c1-3-13-12-8-6-5-7-11(12)9-10-15(13)14(16)4-2/h5-8,13H,3-4,9-10H2,1-2H3. The monoisotopic (exact) mass is 217 g/mol. The summed E-state index contributed by atoms with van der Waals surface area (Å²) in [6, 6.07) is 8.80. The molecule has 0 aliphatic carbocycles. The summed E-state index contributed by atoms with van der Waals surface area (Å²) in [7, 11) is 0. The number of carbonyl (C=O) groups excluding carboxylic acids is 1. The van der Waals surface area contributed by atoms with Gasteiger partial charge >= 0.3 is 0 Å². The average molecular weight is 217 g/mol. The molecule has 2 heteroatoms. The number of carbonyl (C=O) groups is 1. The van der Waals surface area contributed by atoms with Crippen molar-refractivity contribution in [2.45, 2.75) is 39.2 Å². The molecule has 1 amide bonds. The van der Waals surface area contributed by atoms with Crippen molar-refractivity contribution in [1.82, 2.24) is 4.90 Å². The van der Waals surface area contributed by atoms with E-state index in [0.29, 0.717) is 6.42 Å². The largest absolute Gasteiger partial charge is 0.335 e. The number of fused-ring (bicyclic) bond motifs is 1. The van der Waals surface area contributed by atoms with Gasteiger partial charge in [0, 0.05) is 13.0 Å². The highest BCUT2D eigenvalue weighted by Gasteiger charge is 2.27. The molecule has 2 rings (SSSR count). The number of amides is 1. The molecule has 0 bridgehead atoms. The van der Waals surface area contributed by atoms with Crippen LogP contribution in [0.3, 0.4) is 0 Å². The second-order valence-corrected chi connectivity index (χ2v) is 4.31. The lowest BCUT2D eigenvalue weighted by Gasteiger charge is -2.37. The highest BCUT2D eigenvalue weighted by atomic mass is 16.2. The smallest absolute Gasteiger partial charge is 0.222 e. The highest BCUT2D eigenvalue weighted by Crippen LogP contribution is 2.32. The summed E-state index contributed by atoms with van der Waals surface area (Å²) in [5.41, 5.74) is 2.76. The number of nitrogens with zero attached hydrogens (tertiary/aromatic N) is 1. The molecule has 0 saturated carbocycles. The molecule has 0 N–H and O–H groups in total. The Labute approximate surface area is 97.3 Å². The van der Waals surface area contributed by atoms with E-state index in [4.69, 9.17) is 0 Å². The molecule has 0 spiro atoms. The summed E-state index contributed by atoms with van der Waals surface area (Å²) >= 11 is 0. The Morgan fingerprint density at radius 2 is 2.12 bits per heavy atom. The minimum Gasteiger partial charge on any atom is -0.335 e. The lowest BCUT2D eigenvalue weighted by Crippen LogP contribution is -2.39. The summed E-state index contributed by atoms with van der Waals surface area (Å²) in [6.07, 6.45) is 2.61. The van der Waals surface area contributed by atoms with E-state index in [1.807, 2.05) is 11.8 Å². The molecule has 0 aromatic heterocycles. The maximum absolute atomic E-state index is 11.9. The molecule has 0 fully saturated rings. The zero-order valence-corrected chi connectivity index (χ0v) is 10.1. The molecule has 1 atom stereocenters. The molecule has 0 saturated heterocycles. The van der Waals surface area contributed by atoms with Crippen LogP contribution < -0.4 is 0 Å². The maximum atomic E-state index is 11.9. The van der Waals surface area contributed by atoms with E-state index < -0.39 is 0 Å². The average Bonchev–Trinajstić information content (AvgIpc) is 2.36. The molecule has 1 heterocycles. The summed E-state index contributed by atoms with van der Waals surface area (Å²) in [5, 5.41) is 0. The predicted molar refractivity (Wildman–Crippen MR) is 65.2 cm³/mol. The van der Waals surface area contributed by atoms with Crippen molar-refractivity contribution in [3.63, 3.8) is 0 Å². The van der Waals surface area contributed by atoms with Crippen LogP contribution in [0.15, 0.2) is 24.3 Å². The molecular formula is C14H19NO. The minimum absolute atomic E-state index is 0.279. The van der Waals surface area contributed by atoms with Gasteiger partial charge in [-0.1, -0.05) is 38.1 Å². The van der Waals surface area contributed by atoms with E-state index in [1.165, 1.54) is 11.1 Å². The number of benzene rings is 1. The van der Waals surface area contributed by atoms with Gasteiger partial charge < -0.3 is 4.90 Å². The van der Waals surface area contributed by atoms with Crippen LogP contribution in [0.1, 0.15) is 43.9 Å². The maximum Gasteiger partial charge on any atom is 0.222 e. The molecule has 1 aromatic rings. The van der Waals surface area contributed by atoms with E-state index in [2.05, 4.69) is 31.2 Å². The van der Waals surface area contributed by atoms with Gasteiger partial charge in [-0.25, -0.2) is 0 Å². The van der Waals surface area contributed by atoms with E-state index in [0.717, 1.165) is 19.4 Å². The van der Waals surface area contributed by atoms with Gasteiger partial charge in [0.2, 0.25) is 5.91 Å². The van der Waals surface area contributed by atoms with Gasteiger partial charge in [0.15, 0.2) is 0 Å². The summed E-state index contributed by atoms with van der Waals surface area (Å²) in [6.45, 7) is 4.97. The van der Waals surface area contributed by atoms with Crippen LogP contribution in [0.5, 0.6) is 0 Å². The topological polar surface area (TPSA) is 20.3 Å². The van der Waals surface area contributed by atoms with Crippen molar-refractivity contribution in [2.24, 2.45) is 0 Å². The first-order valence-electron chi connectivity index (χ1n) is 6.15. The fourth-order valence-corrected chi connectivity index (χ4v) is 2.59. The molecule has 1 aromatic carbocycles. The third-order valence-corrected chi connectivity index (χ3v) is 3.42. The second-order valence-electron chi connectivity index (χ2n) is 4.31. The van der Waals surface area contributed by atoms with Gasteiger partial charge in [0.05, 0.1) is 6.04 Å². The van der Waals surface area contributed by atoms with Crippen LogP contribution in [0.2, 0.25) is 0 Å².